The summed E-state index contributed by atoms with van der Waals surface area (Å²) in [6.45, 7) is 0. The third kappa shape index (κ3) is 2.68. The van der Waals surface area contributed by atoms with Gasteiger partial charge in [-0.3, -0.25) is 14.9 Å². The normalized spacial score (nSPS) is 21.0. The highest BCUT2D eigenvalue weighted by atomic mass is 16.6. The van der Waals surface area contributed by atoms with Gasteiger partial charge in [-0.1, -0.05) is 42.5 Å². The Balaban J connectivity index is 1.89. The van der Waals surface area contributed by atoms with Crippen molar-refractivity contribution in [2.24, 2.45) is 5.92 Å². The number of hydrogen-bond acceptors (Lipinski definition) is 4. The maximum Gasteiger partial charge on any atom is 0.352 e. The summed E-state index contributed by atoms with van der Waals surface area (Å²) in [6.07, 6.45) is 0.756. The summed E-state index contributed by atoms with van der Waals surface area (Å²) in [4.78, 5) is 36.4. The van der Waals surface area contributed by atoms with E-state index in [2.05, 4.69) is 0 Å². The second-order valence-corrected chi connectivity index (χ2v) is 6.67. The Morgan fingerprint density at radius 3 is 2.44 bits per heavy atom. The lowest BCUT2D eigenvalue weighted by Gasteiger charge is -2.38. The molecule has 7 heteroatoms. The minimum absolute atomic E-state index is 0.133. The fourth-order valence-corrected chi connectivity index (χ4v) is 4.06. The van der Waals surface area contributed by atoms with E-state index >= 15 is 0 Å². The van der Waals surface area contributed by atoms with Crippen LogP contribution >= 0.6 is 0 Å². The fraction of sp³-hybridized carbons (Fsp3) is 0.200. The summed E-state index contributed by atoms with van der Waals surface area (Å²) in [5, 5.41) is 21.3. The van der Waals surface area contributed by atoms with E-state index in [1.54, 1.807) is 18.2 Å². The van der Waals surface area contributed by atoms with Crippen LogP contribution < -0.4 is 0 Å². The molecule has 0 saturated carbocycles. The Bertz CT molecular complexity index is 983. The van der Waals surface area contributed by atoms with E-state index < -0.39 is 10.9 Å². The molecule has 0 aliphatic carbocycles. The summed E-state index contributed by atoms with van der Waals surface area (Å²) in [5.41, 5.74) is 1.34. The largest absolute Gasteiger partial charge is 0.477 e. The number of fused-ring (bicyclic) bond motifs is 1. The first-order valence-corrected chi connectivity index (χ1v) is 8.56. The summed E-state index contributed by atoms with van der Waals surface area (Å²) in [6, 6.07) is 15.4. The van der Waals surface area contributed by atoms with Gasteiger partial charge in [-0.25, -0.2) is 4.79 Å². The zero-order chi connectivity index (χ0) is 19.1. The number of carbonyl (C=O) groups is 2. The number of β-lactam (4-membered cyclic amide) rings is 1. The first-order valence-electron chi connectivity index (χ1n) is 8.56. The van der Waals surface area contributed by atoms with Crippen LogP contribution in [-0.4, -0.2) is 32.8 Å². The van der Waals surface area contributed by atoms with E-state index in [0.29, 0.717) is 12.0 Å². The molecule has 2 aliphatic heterocycles. The van der Waals surface area contributed by atoms with Crippen LogP contribution in [-0.2, 0) is 16.0 Å². The number of carboxylic acids is 1. The molecule has 1 fully saturated rings. The molecule has 0 aromatic heterocycles. The molecule has 1 saturated heterocycles. The SMILES string of the molecule is O=C(O)C1=C(c2ccccc2[N+](=O)[O-])C(Cc2ccccc2)[C@@H]2CC(=O)N12. The van der Waals surface area contributed by atoms with Crippen LogP contribution in [0.5, 0.6) is 0 Å². The quantitative estimate of drug-likeness (QED) is 0.499. The van der Waals surface area contributed by atoms with Crippen LogP contribution in [0.2, 0.25) is 0 Å². The number of para-hydroxylation sites is 1. The van der Waals surface area contributed by atoms with Crippen LogP contribution in [0.25, 0.3) is 5.57 Å². The van der Waals surface area contributed by atoms with Crippen molar-refractivity contribution in [3.63, 3.8) is 0 Å². The van der Waals surface area contributed by atoms with Gasteiger partial charge in [-0.15, -0.1) is 0 Å². The van der Waals surface area contributed by atoms with Crippen LogP contribution in [0.1, 0.15) is 17.5 Å². The van der Waals surface area contributed by atoms with Gasteiger partial charge in [-0.2, -0.15) is 0 Å². The molecule has 4 rings (SSSR count). The number of benzene rings is 2. The molecule has 2 atom stereocenters. The number of carbonyl (C=O) groups excluding carboxylic acids is 1. The average Bonchev–Trinajstić information content (AvgIpc) is 2.91. The van der Waals surface area contributed by atoms with Gasteiger partial charge < -0.3 is 10.0 Å². The zero-order valence-corrected chi connectivity index (χ0v) is 14.2. The van der Waals surface area contributed by atoms with Crippen molar-refractivity contribution in [1.29, 1.82) is 0 Å². The van der Waals surface area contributed by atoms with E-state index in [1.807, 2.05) is 30.3 Å². The number of nitrogens with zero attached hydrogens (tertiary/aromatic N) is 2. The minimum Gasteiger partial charge on any atom is -0.477 e. The molecule has 2 aliphatic rings. The van der Waals surface area contributed by atoms with Crippen molar-refractivity contribution in [3.8, 4) is 0 Å². The first kappa shape index (κ1) is 17.0. The van der Waals surface area contributed by atoms with Crippen molar-refractivity contribution in [2.45, 2.75) is 18.9 Å². The lowest BCUT2D eigenvalue weighted by molar-refractivity contribution is -0.385. The average molecular weight is 364 g/mol. The summed E-state index contributed by atoms with van der Waals surface area (Å²) >= 11 is 0. The number of aliphatic carboxylic acids is 1. The molecule has 2 aromatic rings. The Hall–Kier alpha value is -3.48. The van der Waals surface area contributed by atoms with E-state index in [-0.39, 0.29) is 41.2 Å². The van der Waals surface area contributed by atoms with Crippen LogP contribution in [0.15, 0.2) is 60.3 Å². The summed E-state index contributed by atoms with van der Waals surface area (Å²) < 4.78 is 0. The molecule has 1 N–H and O–H groups in total. The van der Waals surface area contributed by atoms with Crippen molar-refractivity contribution >= 4 is 23.1 Å². The van der Waals surface area contributed by atoms with E-state index in [4.69, 9.17) is 0 Å². The molecule has 136 valence electrons. The molecule has 0 radical (unpaired) electrons. The van der Waals surface area contributed by atoms with Crippen molar-refractivity contribution in [2.75, 3.05) is 0 Å². The lowest BCUT2D eigenvalue weighted by Crippen LogP contribution is -2.52. The smallest absolute Gasteiger partial charge is 0.352 e. The fourth-order valence-electron chi connectivity index (χ4n) is 4.06. The van der Waals surface area contributed by atoms with Crippen LogP contribution in [0.3, 0.4) is 0 Å². The number of nitro benzene ring substituents is 1. The van der Waals surface area contributed by atoms with Gasteiger partial charge >= 0.3 is 5.97 Å². The summed E-state index contributed by atoms with van der Waals surface area (Å²) in [7, 11) is 0. The van der Waals surface area contributed by atoms with Crippen LogP contribution in [0.4, 0.5) is 5.69 Å². The molecule has 7 nitrogen and oxygen atoms in total. The van der Waals surface area contributed by atoms with Gasteiger partial charge in [0.05, 0.1) is 16.5 Å². The molecule has 2 heterocycles. The highest BCUT2D eigenvalue weighted by Crippen LogP contribution is 2.49. The highest BCUT2D eigenvalue weighted by Gasteiger charge is 2.54. The number of carboxylic acid groups (broad SMARTS) is 1. The molecule has 0 bridgehead atoms. The standard InChI is InChI=1S/C20H16N2O5/c23-17-11-16-14(10-12-6-2-1-3-7-12)18(19(20(24)25)21(16)17)13-8-4-5-9-15(13)22(26)27/h1-9,14,16H,10-11H2,(H,24,25)/t14?,16-/m0/s1. The molecule has 1 unspecified atom stereocenters. The van der Waals surface area contributed by atoms with Gasteiger partial charge in [0.1, 0.15) is 5.70 Å². The lowest BCUT2D eigenvalue weighted by atomic mass is 9.81. The van der Waals surface area contributed by atoms with Crippen molar-refractivity contribution in [1.82, 2.24) is 4.90 Å². The minimum atomic E-state index is -1.24. The number of hydrogen-bond donors (Lipinski definition) is 1. The number of nitro groups is 1. The second-order valence-electron chi connectivity index (χ2n) is 6.67. The zero-order valence-electron chi connectivity index (χ0n) is 14.2. The first-order chi connectivity index (χ1) is 13.0. The monoisotopic (exact) mass is 364 g/mol. The Morgan fingerprint density at radius 1 is 1.15 bits per heavy atom. The van der Waals surface area contributed by atoms with Gasteiger partial charge in [0, 0.05) is 24.0 Å². The van der Waals surface area contributed by atoms with Gasteiger partial charge in [0.15, 0.2) is 0 Å². The Labute approximate surface area is 154 Å². The third-order valence-electron chi connectivity index (χ3n) is 5.21. The Kier molecular flexibility index (Phi) is 3.99. The van der Waals surface area contributed by atoms with Gasteiger partial charge in [0.25, 0.3) is 5.69 Å². The molecule has 0 spiro atoms. The number of amides is 1. The summed E-state index contributed by atoms with van der Waals surface area (Å²) in [5.74, 6) is -1.81. The second kappa shape index (κ2) is 6.35. The molecule has 1 amide bonds. The molecular weight excluding hydrogens is 348 g/mol. The Morgan fingerprint density at radius 2 is 1.81 bits per heavy atom. The molecule has 27 heavy (non-hydrogen) atoms. The van der Waals surface area contributed by atoms with E-state index in [1.165, 1.54) is 11.0 Å². The molecular formula is C20H16N2O5. The van der Waals surface area contributed by atoms with E-state index in [9.17, 15) is 24.8 Å². The van der Waals surface area contributed by atoms with E-state index in [0.717, 1.165) is 5.56 Å². The molecule has 2 aromatic carbocycles. The maximum absolute atomic E-state index is 12.1. The predicted octanol–water partition coefficient (Wildman–Crippen LogP) is 2.86. The highest BCUT2D eigenvalue weighted by molar-refractivity contribution is 6.06. The van der Waals surface area contributed by atoms with Crippen LogP contribution in [0, 0.1) is 16.0 Å². The third-order valence-corrected chi connectivity index (χ3v) is 5.21. The van der Waals surface area contributed by atoms with Gasteiger partial charge in [-0.05, 0) is 18.1 Å². The van der Waals surface area contributed by atoms with Gasteiger partial charge in [0.2, 0.25) is 5.91 Å². The van der Waals surface area contributed by atoms with Crippen molar-refractivity contribution in [3.05, 3.63) is 81.5 Å². The van der Waals surface area contributed by atoms with Crippen molar-refractivity contribution < 1.29 is 19.6 Å². The number of rotatable bonds is 5. The maximum atomic E-state index is 12.1. The predicted molar refractivity (Wildman–Crippen MR) is 96.5 cm³/mol. The topological polar surface area (TPSA) is 101 Å².